The lowest BCUT2D eigenvalue weighted by Crippen LogP contribution is -2.36. The van der Waals surface area contributed by atoms with Crippen molar-refractivity contribution in [3.63, 3.8) is 0 Å². The standard InChI is InChI=1S/C25H24N4O/c1-14-9-10-15(2)21(13-14)28-17(4)27(5)19-12-11-18-22(23(19)28)26-25-29(18)20-8-6-7-16(3)24(20)30-25/h6-13,17H,1-5H3/t17-/m0/s1. The van der Waals surface area contributed by atoms with E-state index in [0.717, 1.165) is 33.4 Å². The fraction of sp³-hybridized carbons (Fsp3) is 0.240. The highest BCUT2D eigenvalue weighted by atomic mass is 16.4. The normalized spacial score (nSPS) is 16.4. The zero-order valence-corrected chi connectivity index (χ0v) is 17.9. The molecule has 0 fully saturated rings. The maximum atomic E-state index is 6.19. The minimum Gasteiger partial charge on any atom is -0.423 e. The van der Waals surface area contributed by atoms with Gasteiger partial charge < -0.3 is 14.2 Å². The summed E-state index contributed by atoms with van der Waals surface area (Å²) in [5, 5.41) is 0. The van der Waals surface area contributed by atoms with Gasteiger partial charge in [-0.3, -0.25) is 4.40 Å². The highest BCUT2D eigenvalue weighted by Crippen LogP contribution is 2.48. The van der Waals surface area contributed by atoms with Crippen molar-refractivity contribution in [2.45, 2.75) is 33.9 Å². The lowest BCUT2D eigenvalue weighted by Gasteiger charge is -2.29. The molecule has 30 heavy (non-hydrogen) atoms. The van der Waals surface area contributed by atoms with E-state index in [2.05, 4.69) is 97.5 Å². The molecule has 6 rings (SSSR count). The minimum absolute atomic E-state index is 0.193. The van der Waals surface area contributed by atoms with Crippen LogP contribution in [0.15, 0.2) is 52.9 Å². The van der Waals surface area contributed by atoms with E-state index in [9.17, 15) is 0 Å². The number of anilines is 3. The molecule has 5 heteroatoms. The largest absolute Gasteiger partial charge is 0.423 e. The Morgan fingerprint density at radius 2 is 1.73 bits per heavy atom. The van der Waals surface area contributed by atoms with Crippen LogP contribution in [-0.4, -0.2) is 22.6 Å². The predicted octanol–water partition coefficient (Wildman–Crippen LogP) is 6.09. The molecule has 3 heterocycles. The average molecular weight is 396 g/mol. The zero-order chi connectivity index (χ0) is 20.7. The summed E-state index contributed by atoms with van der Waals surface area (Å²) in [4.78, 5) is 9.73. The maximum Gasteiger partial charge on any atom is 0.307 e. The minimum atomic E-state index is 0.193. The first kappa shape index (κ1) is 17.4. The molecule has 1 atom stereocenters. The first-order valence-electron chi connectivity index (χ1n) is 10.4. The van der Waals surface area contributed by atoms with Gasteiger partial charge in [-0.1, -0.05) is 24.3 Å². The van der Waals surface area contributed by atoms with Gasteiger partial charge in [-0.25, -0.2) is 0 Å². The fourth-order valence-electron chi connectivity index (χ4n) is 4.82. The second-order valence-corrected chi connectivity index (χ2v) is 8.46. The van der Waals surface area contributed by atoms with Crippen molar-refractivity contribution in [3.05, 3.63) is 65.2 Å². The first-order valence-corrected chi connectivity index (χ1v) is 10.4. The van der Waals surface area contributed by atoms with Gasteiger partial charge in [0.15, 0.2) is 5.58 Å². The summed E-state index contributed by atoms with van der Waals surface area (Å²) < 4.78 is 8.33. The molecule has 2 aromatic heterocycles. The van der Waals surface area contributed by atoms with Crippen LogP contribution >= 0.6 is 0 Å². The monoisotopic (exact) mass is 396 g/mol. The van der Waals surface area contributed by atoms with E-state index in [0.29, 0.717) is 5.84 Å². The van der Waals surface area contributed by atoms with E-state index < -0.39 is 0 Å². The number of hydrogen-bond donors (Lipinski definition) is 0. The molecule has 5 aromatic rings. The number of nitrogens with zero attached hydrogens (tertiary/aromatic N) is 4. The highest BCUT2D eigenvalue weighted by Gasteiger charge is 2.35. The Kier molecular flexibility index (Phi) is 3.35. The van der Waals surface area contributed by atoms with Crippen molar-refractivity contribution in [2.24, 2.45) is 0 Å². The van der Waals surface area contributed by atoms with E-state index in [4.69, 9.17) is 9.40 Å². The second kappa shape index (κ2) is 5.79. The maximum absolute atomic E-state index is 6.19. The van der Waals surface area contributed by atoms with Crippen molar-refractivity contribution >= 4 is 45.0 Å². The molecule has 0 amide bonds. The molecule has 0 radical (unpaired) electrons. The van der Waals surface area contributed by atoms with E-state index in [-0.39, 0.29) is 6.17 Å². The average Bonchev–Trinajstić information content (AvgIpc) is 3.34. The first-order chi connectivity index (χ1) is 14.5. The van der Waals surface area contributed by atoms with E-state index in [1.807, 2.05) is 0 Å². The van der Waals surface area contributed by atoms with E-state index >= 15 is 0 Å². The van der Waals surface area contributed by atoms with Gasteiger partial charge in [0.25, 0.3) is 0 Å². The number of fused-ring (bicyclic) bond motifs is 7. The molecule has 0 spiro atoms. The van der Waals surface area contributed by atoms with Crippen molar-refractivity contribution in [2.75, 3.05) is 16.8 Å². The third-order valence-corrected chi connectivity index (χ3v) is 6.55. The SMILES string of the molecule is Cc1ccc(C)c(N2c3c(ccc4c3nc3oc5c(C)cccc5n34)N(C)[C@@H]2C)c1. The van der Waals surface area contributed by atoms with Crippen LogP contribution in [0, 0.1) is 20.8 Å². The number of benzene rings is 3. The zero-order valence-electron chi connectivity index (χ0n) is 17.9. The number of aryl methyl sites for hydroxylation is 3. The Morgan fingerprint density at radius 1 is 0.900 bits per heavy atom. The van der Waals surface area contributed by atoms with Crippen LogP contribution < -0.4 is 9.80 Å². The molecule has 0 bridgehead atoms. The number of hydrogen-bond acceptors (Lipinski definition) is 4. The Hall–Kier alpha value is -3.47. The van der Waals surface area contributed by atoms with Gasteiger partial charge in [0.05, 0.1) is 22.4 Å². The lowest BCUT2D eigenvalue weighted by atomic mass is 10.1. The quantitative estimate of drug-likeness (QED) is 0.343. The van der Waals surface area contributed by atoms with Crippen LogP contribution in [0.1, 0.15) is 23.6 Å². The molecule has 0 saturated carbocycles. The number of oxazole rings is 1. The number of imidazole rings is 1. The van der Waals surface area contributed by atoms with Gasteiger partial charge in [-0.05, 0) is 68.7 Å². The van der Waals surface area contributed by atoms with Crippen LogP contribution in [0.25, 0.3) is 28.0 Å². The Morgan fingerprint density at radius 3 is 2.57 bits per heavy atom. The predicted molar refractivity (Wildman–Crippen MR) is 123 cm³/mol. The third kappa shape index (κ3) is 2.09. The number of para-hydroxylation sites is 1. The highest BCUT2D eigenvalue weighted by molar-refractivity contribution is 6.04. The Balaban J connectivity index is 1.71. The summed E-state index contributed by atoms with van der Waals surface area (Å²) in [7, 11) is 2.15. The summed E-state index contributed by atoms with van der Waals surface area (Å²) in [6.45, 7) is 8.64. The summed E-state index contributed by atoms with van der Waals surface area (Å²) >= 11 is 0. The van der Waals surface area contributed by atoms with Crippen LogP contribution in [0.4, 0.5) is 17.1 Å². The van der Waals surface area contributed by atoms with E-state index in [1.54, 1.807) is 0 Å². The number of rotatable bonds is 1. The van der Waals surface area contributed by atoms with Gasteiger partial charge in [0.2, 0.25) is 0 Å². The third-order valence-electron chi connectivity index (χ3n) is 6.55. The summed E-state index contributed by atoms with van der Waals surface area (Å²) in [6.07, 6.45) is 0.193. The summed E-state index contributed by atoms with van der Waals surface area (Å²) in [5.41, 5.74) is 11.2. The van der Waals surface area contributed by atoms with Crippen LogP contribution in [0.2, 0.25) is 0 Å². The molecule has 0 unspecified atom stereocenters. The van der Waals surface area contributed by atoms with Gasteiger partial charge >= 0.3 is 5.84 Å². The van der Waals surface area contributed by atoms with Gasteiger partial charge in [0, 0.05) is 12.7 Å². The van der Waals surface area contributed by atoms with Crippen LogP contribution in [-0.2, 0) is 0 Å². The molecule has 0 N–H and O–H groups in total. The molecule has 3 aromatic carbocycles. The van der Waals surface area contributed by atoms with Crippen molar-refractivity contribution in [3.8, 4) is 0 Å². The van der Waals surface area contributed by atoms with Crippen molar-refractivity contribution < 1.29 is 4.42 Å². The smallest absolute Gasteiger partial charge is 0.307 e. The topological polar surface area (TPSA) is 36.9 Å². The summed E-state index contributed by atoms with van der Waals surface area (Å²) in [5.74, 6) is 0.644. The van der Waals surface area contributed by atoms with Gasteiger partial charge in [-0.2, -0.15) is 4.98 Å². The molecular formula is C25H24N4O. The molecule has 0 saturated heterocycles. The molecular weight excluding hydrogens is 372 g/mol. The molecule has 0 aliphatic carbocycles. The van der Waals surface area contributed by atoms with Crippen molar-refractivity contribution in [1.29, 1.82) is 0 Å². The Bertz CT molecular complexity index is 1480. The molecule has 1 aliphatic rings. The molecule has 5 nitrogen and oxygen atoms in total. The van der Waals surface area contributed by atoms with E-state index in [1.165, 1.54) is 22.5 Å². The summed E-state index contributed by atoms with van der Waals surface area (Å²) in [6, 6.07) is 17.3. The second-order valence-electron chi connectivity index (χ2n) is 8.46. The van der Waals surface area contributed by atoms with Crippen LogP contribution in [0.5, 0.6) is 0 Å². The molecule has 150 valence electrons. The fourth-order valence-corrected chi connectivity index (χ4v) is 4.82. The lowest BCUT2D eigenvalue weighted by molar-refractivity contribution is 0.640. The Labute approximate surface area is 175 Å². The van der Waals surface area contributed by atoms with Gasteiger partial charge in [-0.15, -0.1) is 0 Å². The van der Waals surface area contributed by atoms with Crippen molar-refractivity contribution in [1.82, 2.24) is 9.38 Å². The molecule has 1 aliphatic heterocycles. The van der Waals surface area contributed by atoms with Crippen LogP contribution in [0.3, 0.4) is 0 Å². The number of aromatic nitrogens is 2. The van der Waals surface area contributed by atoms with Gasteiger partial charge in [0.1, 0.15) is 11.7 Å².